The number of benzene rings is 3. The molecule has 5 rings (SSSR count). The molecule has 2 unspecified atom stereocenters. The van der Waals surface area contributed by atoms with Crippen molar-refractivity contribution < 1.29 is 33.7 Å². The number of amides is 3. The van der Waals surface area contributed by atoms with Gasteiger partial charge in [0.1, 0.15) is 0 Å². The highest BCUT2D eigenvalue weighted by molar-refractivity contribution is 6.30. The van der Waals surface area contributed by atoms with Gasteiger partial charge in [0.05, 0.1) is 31.3 Å². The zero-order valence-corrected chi connectivity index (χ0v) is 26.5. The van der Waals surface area contributed by atoms with Crippen molar-refractivity contribution in [3.63, 3.8) is 0 Å². The van der Waals surface area contributed by atoms with Gasteiger partial charge in [0, 0.05) is 23.8 Å². The lowest BCUT2D eigenvalue weighted by molar-refractivity contribution is -0.118. The number of aliphatic hydroxyl groups is 1. The Bertz CT molecular complexity index is 1570. The summed E-state index contributed by atoms with van der Waals surface area (Å²) in [5.41, 5.74) is 7.79. The quantitative estimate of drug-likeness (QED) is 0.307. The highest BCUT2D eigenvalue weighted by atomic mass is 35.5. The van der Waals surface area contributed by atoms with Crippen LogP contribution in [0.5, 0.6) is 11.5 Å². The van der Waals surface area contributed by atoms with E-state index in [1.807, 2.05) is 74.5 Å². The molecule has 3 aromatic carbocycles. The zero-order valence-electron chi connectivity index (χ0n) is 25.8. The summed E-state index contributed by atoms with van der Waals surface area (Å²) in [4.78, 5) is 40.1. The molecule has 2 atom stereocenters. The second kappa shape index (κ2) is 13.0. The predicted molar refractivity (Wildman–Crippen MR) is 170 cm³/mol. The van der Waals surface area contributed by atoms with E-state index in [4.69, 9.17) is 26.8 Å². The number of carbonyl (C=O) groups is 3. The number of likely N-dealkylation sites (tertiary alicyclic amines) is 1. The van der Waals surface area contributed by atoms with E-state index in [1.54, 1.807) is 18.9 Å². The van der Waals surface area contributed by atoms with E-state index in [1.165, 1.54) is 4.90 Å². The van der Waals surface area contributed by atoms with Crippen LogP contribution >= 0.6 is 11.6 Å². The summed E-state index contributed by atoms with van der Waals surface area (Å²) >= 11 is 6.24. The summed E-state index contributed by atoms with van der Waals surface area (Å²) in [6.45, 7) is 6.30. The molecule has 0 bridgehead atoms. The van der Waals surface area contributed by atoms with Crippen LogP contribution in [0.15, 0.2) is 60.7 Å². The molecule has 0 aromatic heterocycles. The number of nitrogens with two attached hydrogens (primary N) is 1. The Balaban J connectivity index is 1.46. The Morgan fingerprint density at radius 1 is 1.02 bits per heavy atom. The summed E-state index contributed by atoms with van der Waals surface area (Å²) < 4.78 is 16.2. The van der Waals surface area contributed by atoms with Crippen molar-refractivity contribution in [3.05, 3.63) is 87.9 Å². The van der Waals surface area contributed by atoms with Crippen LogP contribution in [-0.4, -0.2) is 54.4 Å². The van der Waals surface area contributed by atoms with Gasteiger partial charge in [0.25, 0.3) is 0 Å². The van der Waals surface area contributed by atoms with Crippen LogP contribution in [0.4, 0.5) is 15.3 Å². The molecule has 0 saturated carbocycles. The highest BCUT2D eigenvalue weighted by Crippen LogP contribution is 2.44. The number of hydrogen-bond donors (Lipinski definition) is 2. The minimum absolute atomic E-state index is 0.0798. The summed E-state index contributed by atoms with van der Waals surface area (Å²) in [6, 6.07) is 18.2. The molecule has 2 heterocycles. The number of ether oxygens (including phenoxy) is 3. The van der Waals surface area contributed by atoms with E-state index in [0.29, 0.717) is 53.7 Å². The normalized spacial score (nSPS) is 18.3. The number of halogens is 1. The van der Waals surface area contributed by atoms with E-state index in [2.05, 4.69) is 4.74 Å². The first-order valence-electron chi connectivity index (χ1n) is 14.9. The Kier molecular flexibility index (Phi) is 9.27. The van der Waals surface area contributed by atoms with Gasteiger partial charge in [-0.15, -0.1) is 0 Å². The molecule has 0 spiro atoms. The molecular weight excluding hydrogens is 598 g/mol. The largest absolute Gasteiger partial charge is 0.493 e. The first-order valence-corrected chi connectivity index (χ1v) is 15.3. The van der Waals surface area contributed by atoms with Crippen molar-refractivity contribution in [2.75, 3.05) is 25.1 Å². The van der Waals surface area contributed by atoms with E-state index in [9.17, 15) is 19.5 Å². The van der Waals surface area contributed by atoms with Gasteiger partial charge in [-0.25, -0.2) is 9.59 Å². The first kappa shape index (κ1) is 32.1. The SMILES string of the molecule is COc1cc2c(cc1OC(C)C)C(c1ccc(Cl)cc1)N(c1ccc(C(C)(O)C3CCN(C(=O)OC(N)=O)CC3)cc1)C(=O)C2. The van der Waals surface area contributed by atoms with Crippen molar-refractivity contribution in [2.45, 2.75) is 57.8 Å². The molecule has 10 nitrogen and oxygen atoms in total. The number of anilines is 1. The van der Waals surface area contributed by atoms with E-state index < -0.39 is 23.8 Å². The molecule has 1 saturated heterocycles. The number of fused-ring (bicyclic) bond motifs is 1. The second-order valence-electron chi connectivity index (χ2n) is 11.9. The van der Waals surface area contributed by atoms with Crippen molar-refractivity contribution >= 4 is 35.4 Å². The maximum Gasteiger partial charge on any atom is 0.418 e. The lowest BCUT2D eigenvalue weighted by atomic mass is 9.77. The number of carbonyl (C=O) groups excluding carboxylic acids is 3. The van der Waals surface area contributed by atoms with Gasteiger partial charge in [-0.2, -0.15) is 0 Å². The predicted octanol–water partition coefficient (Wildman–Crippen LogP) is 5.95. The van der Waals surface area contributed by atoms with Gasteiger partial charge in [0.2, 0.25) is 5.91 Å². The minimum atomic E-state index is -1.20. The summed E-state index contributed by atoms with van der Waals surface area (Å²) in [5, 5.41) is 12.2. The molecule has 238 valence electrons. The van der Waals surface area contributed by atoms with E-state index in [0.717, 1.165) is 16.7 Å². The van der Waals surface area contributed by atoms with Crippen LogP contribution in [0.2, 0.25) is 5.02 Å². The Morgan fingerprint density at radius 3 is 2.24 bits per heavy atom. The monoisotopic (exact) mass is 635 g/mol. The molecule has 0 radical (unpaired) electrons. The number of nitrogens with zero attached hydrogens (tertiary/aromatic N) is 2. The number of hydrogen-bond acceptors (Lipinski definition) is 7. The Hall–Kier alpha value is -4.28. The van der Waals surface area contributed by atoms with Gasteiger partial charge in [0.15, 0.2) is 11.5 Å². The van der Waals surface area contributed by atoms with Crippen LogP contribution in [0, 0.1) is 5.92 Å². The Morgan fingerprint density at radius 2 is 1.67 bits per heavy atom. The standard InChI is InChI=1S/C34H38ClN3O7/c1-20(2)44-29-19-27-22(17-28(29)43-4)18-30(39)38(31(27)21-5-9-25(35)10-6-21)26-11-7-23(8-12-26)34(3,42)24-13-15-37(16-14-24)33(41)45-32(36)40/h5-12,17,19-20,24,31,42H,13-16,18H2,1-4H3,(H2,36,40). The lowest BCUT2D eigenvalue weighted by Crippen LogP contribution is -2.45. The van der Waals surface area contributed by atoms with Crippen LogP contribution in [0.25, 0.3) is 0 Å². The third-order valence-corrected chi connectivity index (χ3v) is 8.85. The summed E-state index contributed by atoms with van der Waals surface area (Å²) in [6.07, 6.45) is -0.821. The van der Waals surface area contributed by atoms with Crippen LogP contribution < -0.4 is 20.1 Å². The molecular formula is C34H38ClN3O7. The van der Waals surface area contributed by atoms with Gasteiger partial charge in [-0.1, -0.05) is 35.9 Å². The third-order valence-electron chi connectivity index (χ3n) is 8.60. The second-order valence-corrected chi connectivity index (χ2v) is 12.3. The fourth-order valence-corrected chi connectivity index (χ4v) is 6.42. The van der Waals surface area contributed by atoms with Crippen molar-refractivity contribution in [3.8, 4) is 11.5 Å². The molecule has 2 aliphatic rings. The molecule has 45 heavy (non-hydrogen) atoms. The number of piperidine rings is 1. The van der Waals surface area contributed by atoms with Crippen molar-refractivity contribution in [1.82, 2.24) is 4.90 Å². The topological polar surface area (TPSA) is 132 Å². The van der Waals surface area contributed by atoms with Crippen LogP contribution in [0.3, 0.4) is 0 Å². The fraction of sp³-hybridized carbons (Fsp3) is 0.382. The fourth-order valence-electron chi connectivity index (χ4n) is 6.30. The lowest BCUT2D eigenvalue weighted by Gasteiger charge is -2.40. The van der Waals surface area contributed by atoms with Crippen molar-refractivity contribution in [1.29, 1.82) is 0 Å². The average molecular weight is 636 g/mol. The zero-order chi connectivity index (χ0) is 32.5. The summed E-state index contributed by atoms with van der Waals surface area (Å²) in [5.74, 6) is 0.929. The molecule has 3 amide bonds. The maximum atomic E-state index is 13.9. The minimum Gasteiger partial charge on any atom is -0.493 e. The summed E-state index contributed by atoms with van der Waals surface area (Å²) in [7, 11) is 1.58. The van der Waals surface area contributed by atoms with Gasteiger partial charge in [-0.3, -0.25) is 4.79 Å². The molecule has 3 N–H and O–H groups in total. The maximum absolute atomic E-state index is 13.9. The van der Waals surface area contributed by atoms with E-state index >= 15 is 0 Å². The smallest absolute Gasteiger partial charge is 0.418 e. The van der Waals surface area contributed by atoms with Gasteiger partial charge in [-0.05, 0) is 98.2 Å². The number of primary amides is 1. The molecule has 2 aliphatic heterocycles. The number of rotatable bonds is 7. The molecule has 0 aliphatic carbocycles. The van der Waals surface area contributed by atoms with Gasteiger partial charge >= 0.3 is 12.2 Å². The third kappa shape index (κ3) is 6.72. The Labute approximate surface area is 267 Å². The molecule has 11 heteroatoms. The van der Waals surface area contributed by atoms with E-state index in [-0.39, 0.29) is 24.3 Å². The van der Waals surface area contributed by atoms with Gasteiger partial charge < -0.3 is 34.9 Å². The average Bonchev–Trinajstić information content (AvgIpc) is 3.00. The van der Waals surface area contributed by atoms with Crippen molar-refractivity contribution in [2.24, 2.45) is 11.7 Å². The van der Waals surface area contributed by atoms with Crippen LogP contribution in [0.1, 0.15) is 61.9 Å². The molecule has 3 aromatic rings. The van der Waals surface area contributed by atoms with Crippen LogP contribution in [-0.2, 0) is 21.6 Å². The first-order chi connectivity index (χ1) is 21.4. The molecule has 1 fully saturated rings. The number of methoxy groups -OCH3 is 1. The highest BCUT2D eigenvalue weighted by Gasteiger charge is 2.39.